The van der Waals surface area contributed by atoms with E-state index in [1.807, 2.05) is 0 Å². The van der Waals surface area contributed by atoms with E-state index in [2.05, 4.69) is 32.3 Å². The summed E-state index contributed by atoms with van der Waals surface area (Å²) in [5, 5.41) is 10.4. The summed E-state index contributed by atoms with van der Waals surface area (Å²) in [7, 11) is 0. The maximum atomic E-state index is 10.8. The highest BCUT2D eigenvalue weighted by Crippen LogP contribution is 2.09. The molecular formula is C16H29NO3. The average Bonchev–Trinajstić information content (AvgIpc) is 2.41. The Balaban J connectivity index is 0. The van der Waals surface area contributed by atoms with Gasteiger partial charge in [-0.3, -0.25) is 4.79 Å². The molecule has 0 aromatic heterocycles. The largest absolute Gasteiger partial charge is 0.478 e. The fourth-order valence-corrected chi connectivity index (χ4v) is 1.49. The molecule has 4 nitrogen and oxygen atoms in total. The Bertz CT molecular complexity index is 285. The molecular weight excluding hydrogens is 254 g/mol. The molecule has 0 saturated carbocycles. The first kappa shape index (κ1) is 20.7. The van der Waals surface area contributed by atoms with Crippen molar-refractivity contribution in [3.8, 4) is 0 Å². The van der Waals surface area contributed by atoms with Crippen molar-refractivity contribution in [3.05, 3.63) is 25.3 Å². The number of carboxylic acid groups (broad SMARTS) is 1. The zero-order chi connectivity index (χ0) is 15.8. The molecule has 0 atom stereocenters. The summed E-state index contributed by atoms with van der Waals surface area (Å²) in [6, 6.07) is 0. The van der Waals surface area contributed by atoms with Crippen LogP contribution in [-0.4, -0.2) is 23.5 Å². The van der Waals surface area contributed by atoms with E-state index in [1.165, 1.54) is 38.2 Å². The summed E-state index contributed by atoms with van der Waals surface area (Å²) in [5.41, 5.74) is 0. The third-order valence-corrected chi connectivity index (χ3v) is 2.62. The second kappa shape index (κ2) is 15.5. The Labute approximate surface area is 123 Å². The van der Waals surface area contributed by atoms with E-state index >= 15 is 0 Å². The van der Waals surface area contributed by atoms with Gasteiger partial charge in [0.15, 0.2) is 0 Å². The second-order valence-corrected chi connectivity index (χ2v) is 4.99. The van der Waals surface area contributed by atoms with Crippen LogP contribution in [0.25, 0.3) is 0 Å². The molecule has 0 unspecified atom stereocenters. The van der Waals surface area contributed by atoms with Crippen molar-refractivity contribution in [2.75, 3.05) is 6.54 Å². The Morgan fingerprint density at radius 1 is 1.05 bits per heavy atom. The molecule has 0 aliphatic carbocycles. The third-order valence-electron chi connectivity index (χ3n) is 2.62. The third kappa shape index (κ3) is 21.7. The van der Waals surface area contributed by atoms with Crippen LogP contribution >= 0.6 is 0 Å². The lowest BCUT2D eigenvalue weighted by molar-refractivity contribution is -0.131. The molecule has 2 N–H and O–H groups in total. The van der Waals surface area contributed by atoms with Crippen LogP contribution in [0.2, 0.25) is 0 Å². The van der Waals surface area contributed by atoms with E-state index in [1.54, 1.807) is 0 Å². The Kier molecular flexibility index (Phi) is 16.0. The van der Waals surface area contributed by atoms with Gasteiger partial charge in [-0.25, -0.2) is 4.79 Å². The number of carbonyl (C=O) groups is 2. The summed E-state index contributed by atoms with van der Waals surface area (Å²) in [6.45, 7) is 11.7. The molecule has 0 aliphatic rings. The summed E-state index contributed by atoms with van der Waals surface area (Å²) >= 11 is 0. The average molecular weight is 283 g/mol. The van der Waals surface area contributed by atoms with E-state index < -0.39 is 5.97 Å². The van der Waals surface area contributed by atoms with Gasteiger partial charge < -0.3 is 10.4 Å². The predicted octanol–water partition coefficient (Wildman–Crippen LogP) is 3.54. The van der Waals surface area contributed by atoms with Crippen molar-refractivity contribution >= 4 is 11.9 Å². The van der Waals surface area contributed by atoms with Gasteiger partial charge in [-0.15, -0.1) is 0 Å². The highest BCUT2D eigenvalue weighted by Gasteiger charge is 1.95. The van der Waals surface area contributed by atoms with Gasteiger partial charge in [0.2, 0.25) is 5.91 Å². The van der Waals surface area contributed by atoms with E-state index in [0.717, 1.165) is 25.0 Å². The topological polar surface area (TPSA) is 66.4 Å². The zero-order valence-corrected chi connectivity index (χ0v) is 12.9. The first-order valence-electron chi connectivity index (χ1n) is 7.19. The number of aliphatic carboxylic acids is 1. The van der Waals surface area contributed by atoms with Crippen molar-refractivity contribution in [1.29, 1.82) is 0 Å². The number of unbranched alkanes of at least 4 members (excludes halogenated alkanes) is 4. The lowest BCUT2D eigenvalue weighted by atomic mass is 10.0. The van der Waals surface area contributed by atoms with Gasteiger partial charge in [0.1, 0.15) is 0 Å². The van der Waals surface area contributed by atoms with Gasteiger partial charge in [0, 0.05) is 12.6 Å². The van der Waals surface area contributed by atoms with Crippen LogP contribution in [0, 0.1) is 5.92 Å². The fourth-order valence-electron chi connectivity index (χ4n) is 1.49. The fraction of sp³-hybridized carbons (Fsp3) is 0.625. The Hall–Kier alpha value is -1.58. The van der Waals surface area contributed by atoms with Crippen LogP contribution in [0.3, 0.4) is 0 Å². The molecule has 0 aromatic rings. The summed E-state index contributed by atoms with van der Waals surface area (Å²) in [6.07, 6.45) is 9.76. The maximum Gasteiger partial charge on any atom is 0.327 e. The first-order valence-corrected chi connectivity index (χ1v) is 7.19. The molecule has 0 fully saturated rings. The van der Waals surface area contributed by atoms with Crippen LogP contribution in [0.5, 0.6) is 0 Å². The molecule has 0 rings (SSSR count). The minimum absolute atomic E-state index is 0.0604. The van der Waals surface area contributed by atoms with Crippen LogP contribution < -0.4 is 5.32 Å². The molecule has 0 aliphatic heterocycles. The van der Waals surface area contributed by atoms with Crippen molar-refractivity contribution in [3.63, 3.8) is 0 Å². The Morgan fingerprint density at radius 3 is 2.00 bits per heavy atom. The van der Waals surface area contributed by atoms with Gasteiger partial charge in [0.05, 0.1) is 0 Å². The molecule has 0 spiro atoms. The zero-order valence-electron chi connectivity index (χ0n) is 12.9. The van der Waals surface area contributed by atoms with E-state index in [0.29, 0.717) is 0 Å². The molecule has 0 bridgehead atoms. The quantitative estimate of drug-likeness (QED) is 0.476. The predicted molar refractivity (Wildman–Crippen MR) is 83.6 cm³/mol. The number of carbonyl (C=O) groups excluding carboxylic acids is 1. The normalized spacial score (nSPS) is 9.35. The highest BCUT2D eigenvalue weighted by molar-refractivity contribution is 5.86. The van der Waals surface area contributed by atoms with Gasteiger partial charge in [0.25, 0.3) is 0 Å². The maximum absolute atomic E-state index is 10.8. The van der Waals surface area contributed by atoms with Gasteiger partial charge in [-0.1, -0.05) is 59.1 Å². The molecule has 0 radical (unpaired) electrons. The highest BCUT2D eigenvalue weighted by atomic mass is 16.4. The van der Waals surface area contributed by atoms with E-state index in [9.17, 15) is 9.59 Å². The number of nitrogens with one attached hydrogen (secondary N) is 1. The lowest BCUT2D eigenvalue weighted by Gasteiger charge is -2.04. The molecule has 116 valence electrons. The van der Waals surface area contributed by atoms with Crippen molar-refractivity contribution in [1.82, 2.24) is 5.32 Å². The number of amides is 1. The molecule has 1 amide bonds. The minimum Gasteiger partial charge on any atom is -0.478 e. The number of rotatable bonds is 10. The first-order chi connectivity index (χ1) is 9.43. The molecule has 0 aromatic carbocycles. The SMILES string of the molecule is C=CC(=O)NCCCCCCCC(C)C.C=CC(=O)O. The number of hydrogen-bond acceptors (Lipinski definition) is 2. The summed E-state index contributed by atoms with van der Waals surface area (Å²) in [4.78, 5) is 20.0. The second-order valence-electron chi connectivity index (χ2n) is 4.99. The van der Waals surface area contributed by atoms with Gasteiger partial charge in [-0.2, -0.15) is 0 Å². The lowest BCUT2D eigenvalue weighted by Crippen LogP contribution is -2.21. The van der Waals surface area contributed by atoms with Crippen LogP contribution in [0.15, 0.2) is 25.3 Å². The molecule has 0 heterocycles. The van der Waals surface area contributed by atoms with Crippen molar-refractivity contribution in [2.24, 2.45) is 5.92 Å². The Morgan fingerprint density at radius 2 is 1.55 bits per heavy atom. The van der Waals surface area contributed by atoms with Crippen LogP contribution in [0.4, 0.5) is 0 Å². The van der Waals surface area contributed by atoms with Gasteiger partial charge >= 0.3 is 5.97 Å². The van der Waals surface area contributed by atoms with E-state index in [4.69, 9.17) is 5.11 Å². The molecule has 4 heteroatoms. The number of hydrogen-bond donors (Lipinski definition) is 2. The monoisotopic (exact) mass is 283 g/mol. The molecule has 20 heavy (non-hydrogen) atoms. The van der Waals surface area contributed by atoms with Crippen molar-refractivity contribution < 1.29 is 14.7 Å². The van der Waals surface area contributed by atoms with Gasteiger partial charge in [-0.05, 0) is 18.4 Å². The van der Waals surface area contributed by atoms with E-state index in [-0.39, 0.29) is 5.91 Å². The summed E-state index contributed by atoms with van der Waals surface area (Å²) < 4.78 is 0. The minimum atomic E-state index is -0.981. The smallest absolute Gasteiger partial charge is 0.327 e. The molecule has 0 saturated heterocycles. The van der Waals surface area contributed by atoms with Crippen LogP contribution in [-0.2, 0) is 9.59 Å². The number of carboxylic acids is 1. The van der Waals surface area contributed by atoms with Crippen LogP contribution in [0.1, 0.15) is 52.4 Å². The standard InChI is InChI=1S/C13H25NO.C3H4O2/c1-4-13(15)14-11-9-7-5-6-8-10-12(2)3;1-2-3(4)5/h4,12H,1,5-11H2,2-3H3,(H,14,15);2H,1H2,(H,4,5). The summed E-state index contributed by atoms with van der Waals surface area (Å²) in [5.74, 6) is -0.211. The van der Waals surface area contributed by atoms with Crippen molar-refractivity contribution in [2.45, 2.75) is 52.4 Å².